The number of hydrogen-bond donors (Lipinski definition) is 1. The molecule has 0 spiro atoms. The smallest absolute Gasteiger partial charge is 0.256 e. The number of rotatable bonds is 3. The van der Waals surface area contributed by atoms with Crippen LogP contribution in [0.4, 0.5) is 0 Å². The molecule has 1 N–H and O–H groups in total. The fourth-order valence-electron chi connectivity index (χ4n) is 1.04. The average molecular weight is 224 g/mol. The molecule has 0 aromatic carbocycles. The van der Waals surface area contributed by atoms with Gasteiger partial charge in [-0.1, -0.05) is 25.9 Å². The molecule has 16 heavy (non-hydrogen) atoms. The molecule has 0 aliphatic rings. The summed E-state index contributed by atoms with van der Waals surface area (Å²) in [5, 5.41) is 6.04. The van der Waals surface area contributed by atoms with E-state index in [2.05, 4.69) is 10.5 Å². The van der Waals surface area contributed by atoms with E-state index in [1.165, 1.54) is 6.20 Å². The summed E-state index contributed by atoms with van der Waals surface area (Å²) in [7, 11) is 0. The van der Waals surface area contributed by atoms with E-state index in [0.29, 0.717) is 11.3 Å². The molecule has 1 heterocycles. The Morgan fingerprint density at radius 3 is 2.50 bits per heavy atom. The van der Waals surface area contributed by atoms with Gasteiger partial charge in [-0.25, -0.2) is 0 Å². The second-order valence-corrected chi connectivity index (χ2v) is 4.65. The Bertz CT molecular complexity index is 402. The summed E-state index contributed by atoms with van der Waals surface area (Å²) in [6.45, 7) is 7.10. The van der Waals surface area contributed by atoms with Gasteiger partial charge in [-0.2, -0.15) is 0 Å². The summed E-state index contributed by atoms with van der Waals surface area (Å²) >= 11 is 0. The van der Waals surface area contributed by atoms with Gasteiger partial charge in [-0.3, -0.25) is 9.59 Å². The van der Waals surface area contributed by atoms with Gasteiger partial charge in [0.05, 0.1) is 12.7 Å². The first kappa shape index (κ1) is 12.4. The van der Waals surface area contributed by atoms with Crippen LogP contribution in [0.5, 0.6) is 0 Å². The second kappa shape index (κ2) is 4.47. The topological polar surface area (TPSA) is 72.2 Å². The number of hydrogen-bond acceptors (Lipinski definition) is 4. The molecule has 0 aliphatic heterocycles. The number of carbonyl (C=O) groups is 2. The van der Waals surface area contributed by atoms with Crippen LogP contribution in [0.2, 0.25) is 0 Å². The van der Waals surface area contributed by atoms with Crippen molar-refractivity contribution in [2.24, 2.45) is 5.41 Å². The van der Waals surface area contributed by atoms with Crippen molar-refractivity contribution in [2.45, 2.75) is 27.7 Å². The van der Waals surface area contributed by atoms with Crippen LogP contribution < -0.4 is 5.32 Å². The fourth-order valence-corrected chi connectivity index (χ4v) is 1.04. The van der Waals surface area contributed by atoms with Crippen molar-refractivity contribution in [3.8, 4) is 0 Å². The molecule has 0 atom stereocenters. The molecule has 0 saturated carbocycles. The maximum absolute atomic E-state index is 11.6. The van der Waals surface area contributed by atoms with Gasteiger partial charge >= 0.3 is 0 Å². The summed E-state index contributed by atoms with van der Waals surface area (Å²) in [5.41, 5.74) is -0.0848. The Hall–Kier alpha value is -1.65. The van der Waals surface area contributed by atoms with E-state index < -0.39 is 5.41 Å². The molecule has 1 rings (SSSR count). The molecular weight excluding hydrogens is 208 g/mol. The molecule has 1 amide bonds. The van der Waals surface area contributed by atoms with Crippen LogP contribution in [0, 0.1) is 12.3 Å². The Balaban J connectivity index is 2.55. The quantitative estimate of drug-likeness (QED) is 0.840. The average Bonchev–Trinajstić information content (AvgIpc) is 2.58. The Labute approximate surface area is 94.2 Å². The molecule has 0 saturated heterocycles. The molecule has 0 unspecified atom stereocenters. The minimum absolute atomic E-state index is 0.0186. The van der Waals surface area contributed by atoms with Crippen molar-refractivity contribution >= 4 is 11.7 Å². The molecule has 88 valence electrons. The number of carbonyl (C=O) groups excluding carboxylic acids is 2. The van der Waals surface area contributed by atoms with Gasteiger partial charge in [0.15, 0.2) is 5.78 Å². The number of amides is 1. The third kappa shape index (κ3) is 2.92. The molecule has 1 aromatic rings. The molecule has 0 fully saturated rings. The number of ketones is 1. The minimum Gasteiger partial charge on any atom is -0.361 e. The Kier molecular flexibility index (Phi) is 3.47. The van der Waals surface area contributed by atoms with E-state index in [-0.39, 0.29) is 18.2 Å². The van der Waals surface area contributed by atoms with Crippen LogP contribution in [0.1, 0.15) is 36.9 Å². The Morgan fingerprint density at radius 2 is 2.06 bits per heavy atom. The summed E-state index contributed by atoms with van der Waals surface area (Å²) in [6.07, 6.45) is 1.34. The zero-order valence-electron chi connectivity index (χ0n) is 9.96. The van der Waals surface area contributed by atoms with Crippen molar-refractivity contribution < 1.29 is 14.1 Å². The molecule has 0 radical (unpaired) electrons. The number of aryl methyl sites for hydroxylation is 1. The van der Waals surface area contributed by atoms with E-state index >= 15 is 0 Å². The molecular formula is C11H16N2O3. The lowest BCUT2D eigenvalue weighted by Gasteiger charge is -2.16. The van der Waals surface area contributed by atoms with Crippen LogP contribution in [0.15, 0.2) is 10.7 Å². The number of Topliss-reactive ketones (excluding diaryl/α,β-unsaturated/α-hetero) is 1. The van der Waals surface area contributed by atoms with Crippen LogP contribution in [-0.4, -0.2) is 23.4 Å². The highest BCUT2D eigenvalue weighted by molar-refractivity contribution is 5.97. The van der Waals surface area contributed by atoms with Crippen LogP contribution in [0.3, 0.4) is 0 Å². The first-order valence-electron chi connectivity index (χ1n) is 5.05. The third-order valence-corrected chi connectivity index (χ3v) is 2.24. The maximum atomic E-state index is 11.6. The van der Waals surface area contributed by atoms with Crippen LogP contribution >= 0.6 is 0 Å². The lowest BCUT2D eigenvalue weighted by Crippen LogP contribution is -2.35. The highest BCUT2D eigenvalue weighted by atomic mass is 16.5. The normalized spacial score (nSPS) is 11.2. The standard InChI is InChI=1S/C11H16N2O3/c1-7-8(5-13-16-7)10(15)12-6-9(14)11(2,3)4/h5H,6H2,1-4H3,(H,12,15). The first-order valence-corrected chi connectivity index (χ1v) is 5.05. The number of nitrogens with one attached hydrogen (secondary N) is 1. The molecule has 0 bridgehead atoms. The van der Waals surface area contributed by atoms with Gasteiger partial charge in [-0.05, 0) is 6.92 Å². The molecule has 1 aromatic heterocycles. The van der Waals surface area contributed by atoms with Gasteiger partial charge in [0.2, 0.25) is 0 Å². The van der Waals surface area contributed by atoms with E-state index in [9.17, 15) is 9.59 Å². The summed E-state index contributed by atoms with van der Waals surface area (Å²) in [4.78, 5) is 23.2. The van der Waals surface area contributed by atoms with Crippen molar-refractivity contribution in [2.75, 3.05) is 6.54 Å². The van der Waals surface area contributed by atoms with Gasteiger partial charge < -0.3 is 9.84 Å². The predicted molar refractivity (Wildman–Crippen MR) is 58.0 cm³/mol. The van der Waals surface area contributed by atoms with Crippen LogP contribution in [0.25, 0.3) is 0 Å². The summed E-state index contributed by atoms with van der Waals surface area (Å²) in [6, 6.07) is 0. The van der Waals surface area contributed by atoms with Gasteiger partial charge in [0.25, 0.3) is 5.91 Å². The monoisotopic (exact) mass is 224 g/mol. The molecule has 5 nitrogen and oxygen atoms in total. The Morgan fingerprint density at radius 1 is 1.44 bits per heavy atom. The summed E-state index contributed by atoms with van der Waals surface area (Å²) < 4.78 is 4.76. The van der Waals surface area contributed by atoms with Gasteiger partial charge in [-0.15, -0.1) is 0 Å². The first-order chi connectivity index (χ1) is 7.32. The third-order valence-electron chi connectivity index (χ3n) is 2.24. The van der Waals surface area contributed by atoms with Crippen molar-refractivity contribution in [1.82, 2.24) is 10.5 Å². The second-order valence-electron chi connectivity index (χ2n) is 4.65. The van der Waals surface area contributed by atoms with Gasteiger partial charge in [0.1, 0.15) is 11.3 Å². The number of nitrogens with zero attached hydrogens (tertiary/aromatic N) is 1. The highest BCUT2D eigenvalue weighted by Gasteiger charge is 2.22. The van der Waals surface area contributed by atoms with Crippen molar-refractivity contribution in [3.63, 3.8) is 0 Å². The van der Waals surface area contributed by atoms with Crippen molar-refractivity contribution in [1.29, 1.82) is 0 Å². The minimum atomic E-state index is -0.447. The predicted octanol–water partition coefficient (Wildman–Crippen LogP) is 1.33. The number of aromatic nitrogens is 1. The van der Waals surface area contributed by atoms with E-state index in [4.69, 9.17) is 4.52 Å². The van der Waals surface area contributed by atoms with E-state index in [1.807, 2.05) is 20.8 Å². The zero-order valence-corrected chi connectivity index (χ0v) is 9.96. The van der Waals surface area contributed by atoms with Crippen LogP contribution in [-0.2, 0) is 4.79 Å². The SMILES string of the molecule is Cc1oncc1C(=O)NCC(=O)C(C)(C)C. The fraction of sp³-hybridized carbons (Fsp3) is 0.545. The largest absolute Gasteiger partial charge is 0.361 e. The molecule has 5 heteroatoms. The zero-order chi connectivity index (χ0) is 12.3. The summed E-state index contributed by atoms with van der Waals surface area (Å²) in [5.74, 6) is 0.0898. The van der Waals surface area contributed by atoms with E-state index in [0.717, 1.165) is 0 Å². The highest BCUT2D eigenvalue weighted by Crippen LogP contribution is 2.13. The lowest BCUT2D eigenvalue weighted by atomic mass is 9.91. The van der Waals surface area contributed by atoms with Gasteiger partial charge in [0, 0.05) is 5.41 Å². The van der Waals surface area contributed by atoms with Crippen molar-refractivity contribution in [3.05, 3.63) is 17.5 Å². The van der Waals surface area contributed by atoms with E-state index in [1.54, 1.807) is 6.92 Å². The maximum Gasteiger partial charge on any atom is 0.256 e. The molecule has 0 aliphatic carbocycles. The lowest BCUT2D eigenvalue weighted by molar-refractivity contribution is -0.125.